The van der Waals surface area contributed by atoms with Crippen molar-refractivity contribution in [3.05, 3.63) is 64.8 Å². The third-order valence-corrected chi connectivity index (χ3v) is 6.20. The van der Waals surface area contributed by atoms with Crippen LogP contribution in [0.1, 0.15) is 28.9 Å². The molecule has 3 aromatic rings. The number of aromatic nitrogens is 1. The molecule has 1 fully saturated rings. The number of hydrogen-bond donors (Lipinski definition) is 1. The van der Waals surface area contributed by atoms with Crippen LogP contribution in [-0.2, 0) is 23.2 Å². The lowest BCUT2D eigenvalue weighted by Crippen LogP contribution is -2.46. The number of aryl methyl sites for hydroxylation is 1. The van der Waals surface area contributed by atoms with Gasteiger partial charge in [0.25, 0.3) is 11.7 Å². The molecule has 0 bridgehead atoms. The number of primary amides is 1. The first-order chi connectivity index (χ1) is 15.4. The number of fused-ring (bicyclic) bond motifs is 1. The number of piperidine rings is 1. The molecule has 32 heavy (non-hydrogen) atoms. The van der Waals surface area contributed by atoms with Crippen LogP contribution in [-0.4, -0.2) is 40.2 Å². The van der Waals surface area contributed by atoms with E-state index in [1.54, 1.807) is 24.3 Å². The number of hydrogen-bond acceptors (Lipinski definition) is 4. The Balaban J connectivity index is 1.66. The van der Waals surface area contributed by atoms with Crippen molar-refractivity contribution >= 4 is 40.1 Å². The van der Waals surface area contributed by atoms with Crippen molar-refractivity contribution in [1.82, 2.24) is 9.47 Å². The molecule has 1 unspecified atom stereocenters. The minimum Gasteiger partial charge on any atom is -0.487 e. The molecule has 7 nitrogen and oxygen atoms in total. The lowest BCUT2D eigenvalue weighted by atomic mass is 9.96. The number of halogens is 1. The molecule has 166 valence electrons. The van der Waals surface area contributed by atoms with Crippen LogP contribution in [0.2, 0.25) is 5.02 Å². The van der Waals surface area contributed by atoms with Crippen molar-refractivity contribution in [1.29, 1.82) is 0 Å². The fourth-order valence-corrected chi connectivity index (χ4v) is 4.32. The highest BCUT2D eigenvalue weighted by atomic mass is 35.5. The summed E-state index contributed by atoms with van der Waals surface area (Å²) in [4.78, 5) is 39.6. The molecule has 8 heteroatoms. The molecular weight excluding hydrogens is 430 g/mol. The smallest absolute Gasteiger partial charge is 0.295 e. The second kappa shape index (κ2) is 9.04. The highest BCUT2D eigenvalue weighted by Gasteiger charge is 2.33. The standard InChI is InChI=1S/C24H24ClN3O4/c1-27-19-7-3-2-6-18(19)21(20(27)14-32-17-10-8-16(25)9-11-17)22(29)24(31)28-12-4-5-15(13-28)23(26)30/h2-3,6-11,15H,4-5,12-14H2,1H3,(H2,26,30). The van der Waals surface area contributed by atoms with Crippen molar-refractivity contribution in [2.45, 2.75) is 19.4 Å². The third kappa shape index (κ3) is 4.21. The number of ether oxygens (including phenoxy) is 1. The first-order valence-corrected chi connectivity index (χ1v) is 10.8. The summed E-state index contributed by atoms with van der Waals surface area (Å²) in [6.07, 6.45) is 1.26. The first-order valence-electron chi connectivity index (χ1n) is 10.4. The van der Waals surface area contributed by atoms with Gasteiger partial charge in [-0.1, -0.05) is 29.8 Å². The van der Waals surface area contributed by atoms with Gasteiger partial charge in [-0.3, -0.25) is 14.4 Å². The maximum absolute atomic E-state index is 13.4. The van der Waals surface area contributed by atoms with E-state index < -0.39 is 23.5 Å². The minimum absolute atomic E-state index is 0.102. The summed E-state index contributed by atoms with van der Waals surface area (Å²) >= 11 is 5.94. The van der Waals surface area contributed by atoms with E-state index in [0.717, 1.165) is 5.52 Å². The Morgan fingerprint density at radius 2 is 1.84 bits per heavy atom. The highest BCUT2D eigenvalue weighted by Crippen LogP contribution is 2.28. The van der Waals surface area contributed by atoms with Crippen LogP contribution in [0.5, 0.6) is 5.75 Å². The van der Waals surface area contributed by atoms with Gasteiger partial charge in [0.2, 0.25) is 5.91 Å². The van der Waals surface area contributed by atoms with Crippen molar-refractivity contribution < 1.29 is 19.1 Å². The average molecular weight is 454 g/mol. The van der Waals surface area contributed by atoms with E-state index in [1.807, 2.05) is 35.9 Å². The van der Waals surface area contributed by atoms with Crippen molar-refractivity contribution in [2.75, 3.05) is 13.1 Å². The lowest BCUT2D eigenvalue weighted by Gasteiger charge is -2.30. The Morgan fingerprint density at radius 3 is 2.56 bits per heavy atom. The van der Waals surface area contributed by atoms with Crippen LogP contribution in [0.15, 0.2) is 48.5 Å². The minimum atomic E-state index is -0.625. The Morgan fingerprint density at radius 1 is 1.12 bits per heavy atom. The second-order valence-electron chi connectivity index (χ2n) is 7.96. The highest BCUT2D eigenvalue weighted by molar-refractivity contribution is 6.45. The van der Waals surface area contributed by atoms with Gasteiger partial charge in [0.1, 0.15) is 12.4 Å². The summed E-state index contributed by atoms with van der Waals surface area (Å²) in [5.74, 6) is -1.51. The van der Waals surface area contributed by atoms with Gasteiger partial charge >= 0.3 is 0 Å². The second-order valence-corrected chi connectivity index (χ2v) is 8.40. The largest absolute Gasteiger partial charge is 0.487 e. The maximum Gasteiger partial charge on any atom is 0.295 e. The molecule has 2 amide bonds. The number of ketones is 1. The molecule has 0 aliphatic carbocycles. The summed E-state index contributed by atoms with van der Waals surface area (Å²) in [6, 6.07) is 14.4. The molecule has 1 saturated heterocycles. The van der Waals surface area contributed by atoms with Crippen molar-refractivity contribution in [3.8, 4) is 5.75 Å². The number of likely N-dealkylation sites (tertiary alicyclic amines) is 1. The molecule has 1 aromatic heterocycles. The Bertz CT molecular complexity index is 1190. The number of amides is 2. The molecule has 2 heterocycles. The van der Waals surface area contributed by atoms with Gasteiger partial charge < -0.3 is 19.9 Å². The zero-order valence-corrected chi connectivity index (χ0v) is 18.5. The summed E-state index contributed by atoms with van der Waals surface area (Å²) in [7, 11) is 1.84. The summed E-state index contributed by atoms with van der Waals surface area (Å²) in [5, 5.41) is 1.28. The Hall–Kier alpha value is -3.32. The van der Waals surface area contributed by atoms with Gasteiger partial charge in [-0.2, -0.15) is 0 Å². The number of benzene rings is 2. The molecule has 2 aromatic carbocycles. The van der Waals surface area contributed by atoms with E-state index >= 15 is 0 Å². The monoisotopic (exact) mass is 453 g/mol. The number of Topliss-reactive ketones (excluding diaryl/α,β-unsaturated/α-hetero) is 1. The number of rotatable bonds is 6. The van der Waals surface area contributed by atoms with Gasteiger partial charge in [-0.05, 0) is 43.2 Å². The van der Waals surface area contributed by atoms with Crippen LogP contribution >= 0.6 is 11.6 Å². The Labute approximate surface area is 190 Å². The number of carbonyl (C=O) groups excluding carboxylic acids is 3. The molecule has 0 spiro atoms. The number of nitrogens with two attached hydrogens (primary N) is 1. The summed E-state index contributed by atoms with van der Waals surface area (Å²) in [5.41, 5.74) is 7.18. The van der Waals surface area contributed by atoms with Crippen LogP contribution < -0.4 is 10.5 Å². The Kier molecular flexibility index (Phi) is 6.19. The predicted octanol–water partition coefficient (Wildman–Crippen LogP) is 3.32. The average Bonchev–Trinajstić information content (AvgIpc) is 3.09. The molecule has 1 aliphatic heterocycles. The fourth-order valence-electron chi connectivity index (χ4n) is 4.20. The van der Waals surface area contributed by atoms with E-state index in [0.29, 0.717) is 46.8 Å². The number of carbonyl (C=O) groups is 3. The van der Waals surface area contributed by atoms with E-state index in [2.05, 4.69) is 0 Å². The van der Waals surface area contributed by atoms with E-state index in [1.165, 1.54) is 4.90 Å². The van der Waals surface area contributed by atoms with Gasteiger partial charge in [-0.25, -0.2) is 0 Å². The third-order valence-electron chi connectivity index (χ3n) is 5.95. The quantitative estimate of drug-likeness (QED) is 0.457. The van der Waals surface area contributed by atoms with Crippen LogP contribution in [0.25, 0.3) is 10.9 Å². The first kappa shape index (κ1) is 21.9. The molecule has 0 saturated carbocycles. The van der Waals surface area contributed by atoms with E-state index in [9.17, 15) is 14.4 Å². The van der Waals surface area contributed by atoms with Crippen LogP contribution in [0.4, 0.5) is 0 Å². The van der Waals surface area contributed by atoms with E-state index in [-0.39, 0.29) is 13.2 Å². The maximum atomic E-state index is 13.4. The number of para-hydroxylation sites is 1. The predicted molar refractivity (Wildman–Crippen MR) is 122 cm³/mol. The molecule has 0 radical (unpaired) electrons. The molecule has 4 rings (SSSR count). The van der Waals surface area contributed by atoms with Crippen molar-refractivity contribution in [2.24, 2.45) is 18.7 Å². The zero-order valence-electron chi connectivity index (χ0n) is 17.7. The molecule has 2 N–H and O–H groups in total. The van der Waals surface area contributed by atoms with Gasteiger partial charge in [0, 0.05) is 36.1 Å². The lowest BCUT2D eigenvalue weighted by molar-refractivity contribution is -0.131. The fraction of sp³-hybridized carbons (Fsp3) is 0.292. The molecular formula is C24H24ClN3O4. The van der Waals surface area contributed by atoms with Crippen LogP contribution in [0.3, 0.4) is 0 Å². The van der Waals surface area contributed by atoms with Gasteiger partial charge in [-0.15, -0.1) is 0 Å². The van der Waals surface area contributed by atoms with Gasteiger partial charge in [0.15, 0.2) is 0 Å². The van der Waals surface area contributed by atoms with Crippen LogP contribution in [0, 0.1) is 5.92 Å². The topological polar surface area (TPSA) is 94.6 Å². The van der Waals surface area contributed by atoms with E-state index in [4.69, 9.17) is 22.1 Å². The number of nitrogens with zero attached hydrogens (tertiary/aromatic N) is 2. The molecule has 1 atom stereocenters. The normalized spacial score (nSPS) is 16.2. The van der Waals surface area contributed by atoms with Crippen molar-refractivity contribution in [3.63, 3.8) is 0 Å². The summed E-state index contributed by atoms with van der Waals surface area (Å²) in [6.45, 7) is 0.697. The SMILES string of the molecule is Cn1c(COc2ccc(Cl)cc2)c(C(=O)C(=O)N2CCCC(C(N)=O)C2)c2ccccc21. The molecule has 1 aliphatic rings. The zero-order chi connectivity index (χ0) is 22.8. The summed E-state index contributed by atoms with van der Waals surface area (Å²) < 4.78 is 7.77. The van der Waals surface area contributed by atoms with Gasteiger partial charge in [0.05, 0.1) is 17.2 Å².